The molecule has 3 rings (SSSR count). The molecule has 1 N–H and O–H groups in total. The molecule has 19 heavy (non-hydrogen) atoms. The first kappa shape index (κ1) is 13.0. The monoisotopic (exact) mass is 323 g/mol. The fraction of sp³-hybridized carbons (Fsp3) is 0.533. The Morgan fingerprint density at radius 3 is 2.47 bits per heavy atom. The number of carboxylic acids is 1. The number of aliphatic carboxylic acids is 1. The van der Waals surface area contributed by atoms with E-state index in [-0.39, 0.29) is 5.92 Å². The predicted octanol–water partition coefficient (Wildman–Crippen LogP) is 3.39. The van der Waals surface area contributed by atoms with Crippen LogP contribution in [0.15, 0.2) is 28.7 Å². The SMILES string of the molecule is O=C(O)C1CC2CC(C1)CN(c1cccc(Br)c1)C2. The van der Waals surface area contributed by atoms with E-state index in [4.69, 9.17) is 0 Å². The van der Waals surface area contributed by atoms with Crippen LogP contribution >= 0.6 is 15.9 Å². The molecule has 0 amide bonds. The van der Waals surface area contributed by atoms with E-state index >= 15 is 0 Å². The Balaban J connectivity index is 1.74. The van der Waals surface area contributed by atoms with Gasteiger partial charge in [-0.1, -0.05) is 22.0 Å². The molecule has 102 valence electrons. The van der Waals surface area contributed by atoms with Crippen molar-refractivity contribution < 1.29 is 9.90 Å². The molecule has 0 radical (unpaired) electrons. The highest BCUT2D eigenvalue weighted by Gasteiger charge is 2.37. The Kier molecular flexibility index (Phi) is 3.52. The van der Waals surface area contributed by atoms with Crippen molar-refractivity contribution in [3.63, 3.8) is 0 Å². The van der Waals surface area contributed by atoms with Gasteiger partial charge in [0, 0.05) is 23.2 Å². The quantitative estimate of drug-likeness (QED) is 0.907. The van der Waals surface area contributed by atoms with E-state index in [1.54, 1.807) is 0 Å². The molecular weight excluding hydrogens is 306 g/mol. The van der Waals surface area contributed by atoms with Crippen molar-refractivity contribution in [3.8, 4) is 0 Å². The first-order valence-corrected chi connectivity index (χ1v) is 7.64. The van der Waals surface area contributed by atoms with Gasteiger partial charge in [0.15, 0.2) is 0 Å². The van der Waals surface area contributed by atoms with Crippen LogP contribution in [-0.2, 0) is 4.79 Å². The number of piperidine rings is 1. The van der Waals surface area contributed by atoms with Crippen molar-refractivity contribution >= 4 is 27.6 Å². The molecule has 0 aromatic heterocycles. The second-order valence-corrected chi connectivity index (χ2v) is 6.77. The Hall–Kier alpha value is -1.03. The Morgan fingerprint density at radius 2 is 1.89 bits per heavy atom. The zero-order chi connectivity index (χ0) is 13.4. The molecule has 1 saturated carbocycles. The van der Waals surface area contributed by atoms with Crippen molar-refractivity contribution in [3.05, 3.63) is 28.7 Å². The van der Waals surface area contributed by atoms with Crippen molar-refractivity contribution in [2.75, 3.05) is 18.0 Å². The molecule has 1 saturated heterocycles. The molecule has 2 atom stereocenters. The molecule has 1 aromatic carbocycles. The summed E-state index contributed by atoms with van der Waals surface area (Å²) in [5.41, 5.74) is 1.25. The maximum Gasteiger partial charge on any atom is 0.306 e. The van der Waals surface area contributed by atoms with Crippen LogP contribution in [0.4, 0.5) is 5.69 Å². The molecule has 1 aromatic rings. The van der Waals surface area contributed by atoms with Crippen LogP contribution in [0, 0.1) is 17.8 Å². The fourth-order valence-electron chi connectivity index (χ4n) is 3.65. The highest BCUT2D eigenvalue weighted by molar-refractivity contribution is 9.10. The minimum Gasteiger partial charge on any atom is -0.481 e. The highest BCUT2D eigenvalue weighted by Crippen LogP contribution is 2.39. The van der Waals surface area contributed by atoms with Crippen molar-refractivity contribution in [2.24, 2.45) is 17.8 Å². The maximum absolute atomic E-state index is 11.2. The second kappa shape index (κ2) is 5.16. The highest BCUT2D eigenvalue weighted by atomic mass is 79.9. The first-order valence-electron chi connectivity index (χ1n) is 6.85. The molecule has 2 unspecified atom stereocenters. The number of hydrogen-bond donors (Lipinski definition) is 1. The summed E-state index contributed by atoms with van der Waals surface area (Å²) in [6, 6.07) is 8.38. The fourth-order valence-corrected chi connectivity index (χ4v) is 4.03. The van der Waals surface area contributed by atoms with Crippen LogP contribution < -0.4 is 4.90 Å². The molecular formula is C15H18BrNO2. The lowest BCUT2D eigenvalue weighted by atomic mass is 9.72. The van der Waals surface area contributed by atoms with Crippen LogP contribution in [0.1, 0.15) is 19.3 Å². The van der Waals surface area contributed by atoms with Crippen LogP contribution in [0.25, 0.3) is 0 Å². The molecule has 4 heteroatoms. The average molecular weight is 324 g/mol. The lowest BCUT2D eigenvalue weighted by Crippen LogP contribution is -2.45. The maximum atomic E-state index is 11.2. The summed E-state index contributed by atoms with van der Waals surface area (Å²) >= 11 is 3.51. The van der Waals surface area contributed by atoms with Gasteiger partial charge in [0.25, 0.3) is 0 Å². The van der Waals surface area contributed by atoms with Crippen molar-refractivity contribution in [1.29, 1.82) is 0 Å². The summed E-state index contributed by atoms with van der Waals surface area (Å²) in [4.78, 5) is 13.6. The molecule has 2 bridgehead atoms. The van der Waals surface area contributed by atoms with E-state index in [1.165, 1.54) is 12.1 Å². The van der Waals surface area contributed by atoms with E-state index in [9.17, 15) is 9.90 Å². The molecule has 0 spiro atoms. The zero-order valence-electron chi connectivity index (χ0n) is 10.8. The normalized spacial score (nSPS) is 30.2. The van der Waals surface area contributed by atoms with Crippen LogP contribution in [-0.4, -0.2) is 24.2 Å². The Labute approximate surface area is 121 Å². The van der Waals surface area contributed by atoms with Gasteiger partial charge < -0.3 is 10.0 Å². The summed E-state index contributed by atoms with van der Waals surface area (Å²) in [7, 11) is 0. The van der Waals surface area contributed by atoms with Gasteiger partial charge in [-0.3, -0.25) is 4.79 Å². The first-order chi connectivity index (χ1) is 9.11. The zero-order valence-corrected chi connectivity index (χ0v) is 12.3. The largest absolute Gasteiger partial charge is 0.481 e. The number of rotatable bonds is 2. The Morgan fingerprint density at radius 1 is 1.21 bits per heavy atom. The van der Waals surface area contributed by atoms with Crippen LogP contribution in [0.2, 0.25) is 0 Å². The van der Waals surface area contributed by atoms with E-state index < -0.39 is 5.97 Å². The van der Waals surface area contributed by atoms with Gasteiger partial charge in [0.2, 0.25) is 0 Å². The smallest absolute Gasteiger partial charge is 0.306 e. The minimum atomic E-state index is -0.606. The van der Waals surface area contributed by atoms with Gasteiger partial charge >= 0.3 is 5.97 Å². The summed E-state index contributed by atoms with van der Waals surface area (Å²) < 4.78 is 1.10. The number of carboxylic acid groups (broad SMARTS) is 1. The van der Waals surface area contributed by atoms with E-state index in [0.29, 0.717) is 11.8 Å². The van der Waals surface area contributed by atoms with Crippen molar-refractivity contribution in [2.45, 2.75) is 19.3 Å². The standard InChI is InChI=1S/C15H18BrNO2/c16-13-2-1-3-14(7-13)17-8-10-4-11(9-17)6-12(5-10)15(18)19/h1-3,7,10-12H,4-6,8-9H2,(H,18,19). The van der Waals surface area contributed by atoms with Gasteiger partial charge in [0.1, 0.15) is 0 Å². The van der Waals surface area contributed by atoms with E-state index in [1.807, 2.05) is 6.07 Å². The third-order valence-corrected chi connectivity index (χ3v) is 4.88. The van der Waals surface area contributed by atoms with Gasteiger partial charge in [0.05, 0.1) is 5.92 Å². The minimum absolute atomic E-state index is 0.117. The number of anilines is 1. The average Bonchev–Trinajstić information content (AvgIpc) is 2.37. The third-order valence-electron chi connectivity index (χ3n) is 4.38. The number of hydrogen-bond acceptors (Lipinski definition) is 2. The topological polar surface area (TPSA) is 40.5 Å². The number of nitrogens with zero attached hydrogens (tertiary/aromatic N) is 1. The molecule has 1 aliphatic heterocycles. The summed E-state index contributed by atoms with van der Waals surface area (Å²) in [5, 5.41) is 9.19. The molecule has 1 heterocycles. The lowest BCUT2D eigenvalue weighted by Gasteiger charge is -2.44. The van der Waals surface area contributed by atoms with Gasteiger partial charge in [-0.05, 0) is 49.3 Å². The van der Waals surface area contributed by atoms with E-state index in [2.05, 4.69) is 39.0 Å². The number of carbonyl (C=O) groups is 1. The second-order valence-electron chi connectivity index (χ2n) is 5.86. The third kappa shape index (κ3) is 2.78. The molecule has 3 nitrogen and oxygen atoms in total. The molecule has 2 fully saturated rings. The number of fused-ring (bicyclic) bond motifs is 2. The summed E-state index contributed by atoms with van der Waals surface area (Å²) in [5.74, 6) is 0.346. The van der Waals surface area contributed by atoms with Crippen molar-refractivity contribution in [1.82, 2.24) is 0 Å². The van der Waals surface area contributed by atoms with E-state index in [0.717, 1.165) is 30.4 Å². The summed E-state index contributed by atoms with van der Waals surface area (Å²) in [6.07, 6.45) is 2.89. The van der Waals surface area contributed by atoms with Crippen LogP contribution in [0.3, 0.4) is 0 Å². The van der Waals surface area contributed by atoms with Crippen LogP contribution in [0.5, 0.6) is 0 Å². The number of benzene rings is 1. The lowest BCUT2D eigenvalue weighted by molar-refractivity contribution is -0.144. The molecule has 1 aliphatic carbocycles. The predicted molar refractivity (Wildman–Crippen MR) is 78.3 cm³/mol. The Bertz CT molecular complexity index is 477. The number of halogens is 1. The summed E-state index contributed by atoms with van der Waals surface area (Å²) in [6.45, 7) is 1.99. The van der Waals surface area contributed by atoms with Gasteiger partial charge in [-0.2, -0.15) is 0 Å². The van der Waals surface area contributed by atoms with Gasteiger partial charge in [-0.15, -0.1) is 0 Å². The molecule has 2 aliphatic rings. The van der Waals surface area contributed by atoms with Gasteiger partial charge in [-0.25, -0.2) is 0 Å².